The normalized spacial score (nSPS) is 22.1. The minimum Gasteiger partial charge on any atom is -0.393 e. The average molecular weight is 189 g/mol. The first-order chi connectivity index (χ1) is 6.84. The molecule has 1 aromatic rings. The number of aliphatic hydroxyl groups excluding tert-OH is 1. The molecule has 1 aliphatic carbocycles. The third-order valence-corrected chi connectivity index (χ3v) is 2.58. The first-order valence-corrected chi connectivity index (χ1v) is 5.14. The summed E-state index contributed by atoms with van der Waals surface area (Å²) in [5.74, 6) is 0. The first-order valence-electron chi connectivity index (χ1n) is 5.14. The molecular weight excluding hydrogens is 174 g/mol. The second-order valence-corrected chi connectivity index (χ2v) is 3.74. The molecule has 0 spiro atoms. The van der Waals surface area contributed by atoms with E-state index in [1.807, 2.05) is 30.3 Å². The molecule has 0 heterocycles. The molecule has 0 saturated heterocycles. The van der Waals surface area contributed by atoms with E-state index in [0.717, 1.165) is 31.4 Å². The number of aliphatic imine (C=N–C) groups is 1. The van der Waals surface area contributed by atoms with Crippen LogP contribution < -0.4 is 0 Å². The van der Waals surface area contributed by atoms with Gasteiger partial charge >= 0.3 is 0 Å². The van der Waals surface area contributed by atoms with E-state index in [9.17, 15) is 5.11 Å². The second kappa shape index (κ2) is 4.38. The van der Waals surface area contributed by atoms with Gasteiger partial charge in [0.15, 0.2) is 0 Å². The lowest BCUT2D eigenvalue weighted by Crippen LogP contribution is -2.17. The molecule has 0 amide bonds. The molecule has 2 rings (SSSR count). The van der Waals surface area contributed by atoms with Gasteiger partial charge in [0.05, 0.1) is 11.8 Å². The summed E-state index contributed by atoms with van der Waals surface area (Å²) in [6.45, 7) is 0. The van der Waals surface area contributed by atoms with Crippen LogP contribution in [0.4, 0.5) is 5.69 Å². The zero-order valence-corrected chi connectivity index (χ0v) is 8.19. The molecule has 2 nitrogen and oxygen atoms in total. The quantitative estimate of drug-likeness (QED) is 0.723. The largest absolute Gasteiger partial charge is 0.393 e. The van der Waals surface area contributed by atoms with Gasteiger partial charge < -0.3 is 5.11 Å². The average Bonchev–Trinajstić information content (AvgIpc) is 2.23. The Morgan fingerprint density at radius 3 is 2.36 bits per heavy atom. The number of aliphatic hydroxyl groups is 1. The van der Waals surface area contributed by atoms with Gasteiger partial charge in [-0.3, -0.25) is 4.99 Å². The van der Waals surface area contributed by atoms with Gasteiger partial charge in [-0.2, -0.15) is 0 Å². The Morgan fingerprint density at radius 1 is 1.07 bits per heavy atom. The van der Waals surface area contributed by atoms with Gasteiger partial charge in [-0.1, -0.05) is 18.2 Å². The summed E-state index contributed by atoms with van der Waals surface area (Å²) in [5.41, 5.74) is 2.25. The molecule has 74 valence electrons. The van der Waals surface area contributed by atoms with E-state index in [0.29, 0.717) is 0 Å². The van der Waals surface area contributed by atoms with Gasteiger partial charge in [0.1, 0.15) is 0 Å². The summed E-state index contributed by atoms with van der Waals surface area (Å²) in [5, 5.41) is 9.34. The number of rotatable bonds is 1. The highest BCUT2D eigenvalue weighted by Crippen LogP contribution is 2.19. The number of hydrogen-bond donors (Lipinski definition) is 1. The fraction of sp³-hybridized carbons (Fsp3) is 0.417. The Labute approximate surface area is 84.3 Å². The van der Waals surface area contributed by atoms with Crippen molar-refractivity contribution < 1.29 is 5.11 Å². The summed E-state index contributed by atoms with van der Waals surface area (Å²) >= 11 is 0. The minimum absolute atomic E-state index is 0.107. The van der Waals surface area contributed by atoms with Gasteiger partial charge in [0.2, 0.25) is 0 Å². The molecule has 1 saturated carbocycles. The summed E-state index contributed by atoms with van der Waals surface area (Å²) in [6, 6.07) is 10.0. The van der Waals surface area contributed by atoms with Crippen molar-refractivity contribution in [3.8, 4) is 0 Å². The summed E-state index contributed by atoms with van der Waals surface area (Å²) in [4.78, 5) is 4.56. The van der Waals surface area contributed by atoms with Gasteiger partial charge in [0.25, 0.3) is 0 Å². The van der Waals surface area contributed by atoms with E-state index in [4.69, 9.17) is 0 Å². The predicted molar refractivity (Wildman–Crippen MR) is 58.0 cm³/mol. The van der Waals surface area contributed by atoms with E-state index in [-0.39, 0.29) is 6.10 Å². The van der Waals surface area contributed by atoms with Crippen LogP contribution in [-0.2, 0) is 0 Å². The van der Waals surface area contributed by atoms with Crippen LogP contribution in [0.2, 0.25) is 0 Å². The molecule has 0 unspecified atom stereocenters. The van der Waals surface area contributed by atoms with Gasteiger partial charge in [0, 0.05) is 5.71 Å². The number of hydrogen-bond acceptors (Lipinski definition) is 2. The highest BCUT2D eigenvalue weighted by molar-refractivity contribution is 5.87. The number of nitrogens with zero attached hydrogens (tertiary/aromatic N) is 1. The SMILES string of the molecule is OC1CCC(=Nc2ccccc2)CC1. The number of benzene rings is 1. The number of para-hydroxylation sites is 1. The van der Waals surface area contributed by atoms with Gasteiger partial charge in [-0.25, -0.2) is 0 Å². The minimum atomic E-state index is -0.107. The van der Waals surface area contributed by atoms with Crippen LogP contribution in [0, 0.1) is 0 Å². The second-order valence-electron chi connectivity index (χ2n) is 3.74. The molecule has 14 heavy (non-hydrogen) atoms. The van der Waals surface area contributed by atoms with E-state index in [2.05, 4.69) is 4.99 Å². The smallest absolute Gasteiger partial charge is 0.0629 e. The molecule has 2 heteroatoms. The third kappa shape index (κ3) is 2.42. The lowest BCUT2D eigenvalue weighted by Gasteiger charge is -2.17. The maximum atomic E-state index is 9.34. The van der Waals surface area contributed by atoms with E-state index < -0.39 is 0 Å². The van der Waals surface area contributed by atoms with Gasteiger partial charge in [-0.15, -0.1) is 0 Å². The molecule has 0 bridgehead atoms. The molecule has 0 radical (unpaired) electrons. The van der Waals surface area contributed by atoms with Crippen molar-refractivity contribution in [3.05, 3.63) is 30.3 Å². The fourth-order valence-corrected chi connectivity index (χ4v) is 1.73. The lowest BCUT2D eigenvalue weighted by molar-refractivity contribution is 0.152. The Hall–Kier alpha value is -1.15. The van der Waals surface area contributed by atoms with Crippen LogP contribution in [0.5, 0.6) is 0 Å². The molecule has 1 fully saturated rings. The van der Waals surface area contributed by atoms with Crippen molar-refractivity contribution in [1.82, 2.24) is 0 Å². The van der Waals surface area contributed by atoms with Crippen LogP contribution in [0.15, 0.2) is 35.3 Å². The summed E-state index contributed by atoms with van der Waals surface area (Å²) < 4.78 is 0. The molecule has 1 aromatic carbocycles. The van der Waals surface area contributed by atoms with Crippen molar-refractivity contribution in [2.24, 2.45) is 4.99 Å². The van der Waals surface area contributed by atoms with Crippen LogP contribution in [0.25, 0.3) is 0 Å². The van der Waals surface area contributed by atoms with Crippen LogP contribution in [-0.4, -0.2) is 16.9 Å². The maximum absolute atomic E-state index is 9.34. The molecular formula is C12H15NO. The fourth-order valence-electron chi connectivity index (χ4n) is 1.73. The maximum Gasteiger partial charge on any atom is 0.0629 e. The van der Waals surface area contributed by atoms with Crippen LogP contribution >= 0.6 is 0 Å². The molecule has 0 aromatic heterocycles. The predicted octanol–water partition coefficient (Wildman–Crippen LogP) is 2.69. The van der Waals surface area contributed by atoms with Crippen molar-refractivity contribution in [3.63, 3.8) is 0 Å². The zero-order chi connectivity index (χ0) is 9.80. The zero-order valence-electron chi connectivity index (χ0n) is 8.19. The van der Waals surface area contributed by atoms with E-state index in [1.54, 1.807) is 0 Å². The Kier molecular flexibility index (Phi) is 2.94. The van der Waals surface area contributed by atoms with E-state index in [1.165, 1.54) is 5.71 Å². The van der Waals surface area contributed by atoms with Crippen LogP contribution in [0.1, 0.15) is 25.7 Å². The monoisotopic (exact) mass is 189 g/mol. The molecule has 1 aliphatic rings. The summed E-state index contributed by atoms with van der Waals surface area (Å²) in [6.07, 6.45) is 3.51. The first kappa shape index (κ1) is 9.41. The van der Waals surface area contributed by atoms with Crippen molar-refractivity contribution in [1.29, 1.82) is 0 Å². The van der Waals surface area contributed by atoms with Crippen molar-refractivity contribution >= 4 is 11.4 Å². The standard InChI is InChI=1S/C12H15NO/c14-12-8-6-11(7-9-12)13-10-4-2-1-3-5-10/h1-5,12,14H,6-9H2. The topological polar surface area (TPSA) is 32.6 Å². The third-order valence-electron chi connectivity index (χ3n) is 2.58. The molecule has 0 aliphatic heterocycles. The summed E-state index contributed by atoms with van der Waals surface area (Å²) in [7, 11) is 0. The highest BCUT2D eigenvalue weighted by Gasteiger charge is 2.14. The Bertz CT molecular complexity index is 308. The highest BCUT2D eigenvalue weighted by atomic mass is 16.3. The lowest BCUT2D eigenvalue weighted by atomic mass is 9.96. The van der Waals surface area contributed by atoms with Crippen LogP contribution in [0.3, 0.4) is 0 Å². The van der Waals surface area contributed by atoms with Crippen molar-refractivity contribution in [2.75, 3.05) is 0 Å². The van der Waals surface area contributed by atoms with E-state index >= 15 is 0 Å². The Balaban J connectivity index is 2.05. The van der Waals surface area contributed by atoms with Gasteiger partial charge in [-0.05, 0) is 37.8 Å². The molecule has 1 N–H and O–H groups in total. The molecule has 0 atom stereocenters. The Morgan fingerprint density at radius 2 is 1.71 bits per heavy atom. The van der Waals surface area contributed by atoms with Crippen molar-refractivity contribution in [2.45, 2.75) is 31.8 Å².